The van der Waals surface area contributed by atoms with Crippen LogP contribution in [0.25, 0.3) is 0 Å². The topological polar surface area (TPSA) is 50.1 Å². The van der Waals surface area contributed by atoms with Crippen molar-refractivity contribution in [1.29, 1.82) is 0 Å². The van der Waals surface area contributed by atoms with E-state index in [4.69, 9.17) is 5.84 Å². The van der Waals surface area contributed by atoms with Crippen molar-refractivity contribution < 1.29 is 4.39 Å². The first-order valence-electron chi connectivity index (χ1n) is 4.96. The first kappa shape index (κ1) is 12.1. The largest absolute Gasteiger partial charge is 0.303 e. The number of hydrogen-bond donors (Lipinski definition) is 3. The molecule has 0 aliphatic rings. The molecule has 0 aliphatic carbocycles. The van der Waals surface area contributed by atoms with Gasteiger partial charge in [0.2, 0.25) is 0 Å². The molecule has 84 valence electrons. The Morgan fingerprint density at radius 3 is 2.73 bits per heavy atom. The van der Waals surface area contributed by atoms with Crippen LogP contribution in [0.5, 0.6) is 0 Å². The van der Waals surface area contributed by atoms with Crippen molar-refractivity contribution in [3.05, 3.63) is 35.6 Å². The van der Waals surface area contributed by atoms with Crippen molar-refractivity contribution in [1.82, 2.24) is 10.7 Å². The van der Waals surface area contributed by atoms with Gasteiger partial charge < -0.3 is 5.32 Å². The minimum absolute atomic E-state index is 0.112. The van der Waals surface area contributed by atoms with Crippen molar-refractivity contribution in [3.8, 4) is 0 Å². The van der Waals surface area contributed by atoms with Crippen molar-refractivity contribution in [3.63, 3.8) is 0 Å². The SMILES string of the molecule is CC(C)(CNCNN)c1cccc(F)c1. The van der Waals surface area contributed by atoms with Gasteiger partial charge in [0, 0.05) is 12.0 Å². The highest BCUT2D eigenvalue weighted by Crippen LogP contribution is 2.22. The Morgan fingerprint density at radius 2 is 2.13 bits per heavy atom. The molecule has 0 spiro atoms. The zero-order valence-electron chi connectivity index (χ0n) is 9.18. The lowest BCUT2D eigenvalue weighted by atomic mass is 9.84. The molecule has 0 saturated heterocycles. The van der Waals surface area contributed by atoms with E-state index in [9.17, 15) is 4.39 Å². The van der Waals surface area contributed by atoms with Gasteiger partial charge >= 0.3 is 0 Å². The summed E-state index contributed by atoms with van der Waals surface area (Å²) in [5.74, 6) is 4.95. The monoisotopic (exact) mass is 211 g/mol. The Morgan fingerprint density at radius 1 is 1.40 bits per heavy atom. The normalized spacial score (nSPS) is 11.7. The molecule has 0 fully saturated rings. The molecule has 1 aromatic carbocycles. The van der Waals surface area contributed by atoms with Gasteiger partial charge in [-0.3, -0.25) is 5.84 Å². The summed E-state index contributed by atoms with van der Waals surface area (Å²) in [6, 6.07) is 6.68. The molecule has 4 heteroatoms. The van der Waals surface area contributed by atoms with E-state index in [0.29, 0.717) is 6.67 Å². The Labute approximate surface area is 89.8 Å². The fourth-order valence-corrected chi connectivity index (χ4v) is 1.46. The van der Waals surface area contributed by atoms with E-state index in [2.05, 4.69) is 24.6 Å². The highest BCUT2D eigenvalue weighted by atomic mass is 19.1. The summed E-state index contributed by atoms with van der Waals surface area (Å²) in [6.07, 6.45) is 0. The third kappa shape index (κ3) is 3.58. The molecule has 1 aromatic rings. The molecule has 0 radical (unpaired) electrons. The zero-order valence-corrected chi connectivity index (χ0v) is 9.18. The standard InChI is InChI=1S/C11H18FN3/c1-11(2,7-14-8-15-13)9-4-3-5-10(12)6-9/h3-6,14-15H,7-8,13H2,1-2H3. The number of halogens is 1. The molecule has 0 saturated carbocycles. The molecule has 0 amide bonds. The summed E-state index contributed by atoms with van der Waals surface area (Å²) in [5.41, 5.74) is 3.38. The molecule has 0 aliphatic heterocycles. The highest BCUT2D eigenvalue weighted by Gasteiger charge is 2.20. The maximum Gasteiger partial charge on any atom is 0.123 e. The zero-order chi connectivity index (χ0) is 11.3. The van der Waals surface area contributed by atoms with E-state index in [1.165, 1.54) is 6.07 Å². The predicted molar refractivity (Wildman–Crippen MR) is 59.6 cm³/mol. The van der Waals surface area contributed by atoms with Gasteiger partial charge in [-0.2, -0.15) is 0 Å². The molecular weight excluding hydrogens is 193 g/mol. The van der Waals surface area contributed by atoms with Gasteiger partial charge in [0.15, 0.2) is 0 Å². The quantitative estimate of drug-likeness (QED) is 0.296. The second kappa shape index (κ2) is 5.21. The number of rotatable bonds is 5. The van der Waals surface area contributed by atoms with Crippen molar-refractivity contribution in [2.75, 3.05) is 13.2 Å². The van der Waals surface area contributed by atoms with Crippen LogP contribution >= 0.6 is 0 Å². The van der Waals surface area contributed by atoms with Crippen molar-refractivity contribution >= 4 is 0 Å². The molecule has 15 heavy (non-hydrogen) atoms. The first-order chi connectivity index (χ1) is 7.06. The maximum absolute atomic E-state index is 13.0. The van der Waals surface area contributed by atoms with E-state index in [1.807, 2.05) is 6.07 Å². The van der Waals surface area contributed by atoms with Crippen LogP contribution in [-0.4, -0.2) is 13.2 Å². The van der Waals surface area contributed by atoms with Crippen LogP contribution < -0.4 is 16.6 Å². The van der Waals surface area contributed by atoms with E-state index in [1.54, 1.807) is 12.1 Å². The van der Waals surface area contributed by atoms with Gasteiger partial charge in [-0.05, 0) is 17.7 Å². The van der Waals surface area contributed by atoms with Crippen LogP contribution in [0.15, 0.2) is 24.3 Å². The first-order valence-corrected chi connectivity index (χ1v) is 4.96. The molecule has 0 atom stereocenters. The van der Waals surface area contributed by atoms with Gasteiger partial charge in [-0.1, -0.05) is 26.0 Å². The molecule has 0 bridgehead atoms. The minimum atomic E-state index is -0.197. The van der Waals surface area contributed by atoms with E-state index in [-0.39, 0.29) is 11.2 Å². The second-order valence-electron chi connectivity index (χ2n) is 4.20. The average molecular weight is 211 g/mol. The van der Waals surface area contributed by atoms with Gasteiger partial charge in [-0.25, -0.2) is 9.82 Å². The molecule has 0 unspecified atom stereocenters. The van der Waals surface area contributed by atoms with E-state index < -0.39 is 0 Å². The van der Waals surface area contributed by atoms with Crippen molar-refractivity contribution in [2.45, 2.75) is 19.3 Å². The van der Waals surface area contributed by atoms with Crippen LogP contribution in [0.1, 0.15) is 19.4 Å². The van der Waals surface area contributed by atoms with E-state index in [0.717, 1.165) is 12.1 Å². The predicted octanol–water partition coefficient (Wildman–Crippen LogP) is 1.11. The van der Waals surface area contributed by atoms with Gasteiger partial charge in [0.05, 0.1) is 6.67 Å². The fraction of sp³-hybridized carbons (Fsp3) is 0.455. The van der Waals surface area contributed by atoms with Crippen LogP contribution in [-0.2, 0) is 5.41 Å². The molecule has 3 nitrogen and oxygen atoms in total. The molecule has 0 aromatic heterocycles. The average Bonchev–Trinajstić information content (AvgIpc) is 2.18. The molecule has 4 N–H and O–H groups in total. The maximum atomic E-state index is 13.0. The van der Waals surface area contributed by atoms with Gasteiger partial charge in [0.1, 0.15) is 5.82 Å². The summed E-state index contributed by atoms with van der Waals surface area (Å²) in [7, 11) is 0. The number of hydrazine groups is 1. The third-order valence-corrected chi connectivity index (χ3v) is 2.40. The van der Waals surface area contributed by atoms with Crippen LogP contribution in [0.3, 0.4) is 0 Å². The van der Waals surface area contributed by atoms with Crippen molar-refractivity contribution in [2.24, 2.45) is 5.84 Å². The lowest BCUT2D eigenvalue weighted by Crippen LogP contribution is -2.40. The lowest BCUT2D eigenvalue weighted by Gasteiger charge is -2.25. The van der Waals surface area contributed by atoms with Crippen LogP contribution in [0.2, 0.25) is 0 Å². The van der Waals surface area contributed by atoms with Gasteiger partial charge in [0.25, 0.3) is 0 Å². The summed E-state index contributed by atoms with van der Waals surface area (Å²) >= 11 is 0. The van der Waals surface area contributed by atoms with E-state index >= 15 is 0 Å². The Hall–Kier alpha value is -0.970. The summed E-state index contributed by atoms with van der Waals surface area (Å²) < 4.78 is 13.0. The highest BCUT2D eigenvalue weighted by molar-refractivity contribution is 5.24. The number of nitrogens with one attached hydrogen (secondary N) is 2. The number of benzene rings is 1. The smallest absolute Gasteiger partial charge is 0.123 e. The summed E-state index contributed by atoms with van der Waals surface area (Å²) in [4.78, 5) is 0. The molecule has 0 heterocycles. The Kier molecular flexibility index (Phi) is 4.20. The molecule has 1 rings (SSSR count). The minimum Gasteiger partial charge on any atom is -0.303 e. The Balaban J connectivity index is 2.67. The number of hydrogen-bond acceptors (Lipinski definition) is 3. The second-order valence-corrected chi connectivity index (χ2v) is 4.20. The lowest BCUT2D eigenvalue weighted by molar-refractivity contribution is 0.452. The fourth-order valence-electron chi connectivity index (χ4n) is 1.46. The Bertz CT molecular complexity index is 312. The van der Waals surface area contributed by atoms with Crippen LogP contribution in [0.4, 0.5) is 4.39 Å². The third-order valence-electron chi connectivity index (χ3n) is 2.40. The van der Waals surface area contributed by atoms with Gasteiger partial charge in [-0.15, -0.1) is 0 Å². The number of nitrogens with two attached hydrogens (primary N) is 1. The molecular formula is C11H18FN3. The summed E-state index contributed by atoms with van der Waals surface area (Å²) in [6.45, 7) is 5.40. The van der Waals surface area contributed by atoms with Crippen LogP contribution in [0, 0.1) is 5.82 Å². The summed E-state index contributed by atoms with van der Waals surface area (Å²) in [5, 5.41) is 3.13.